The summed E-state index contributed by atoms with van der Waals surface area (Å²) in [6, 6.07) is 9.29. The zero-order valence-corrected chi connectivity index (χ0v) is 9.72. The number of nitrogens with one attached hydrogen (secondary N) is 1. The van der Waals surface area contributed by atoms with Crippen LogP contribution in [-0.2, 0) is 0 Å². The van der Waals surface area contributed by atoms with Gasteiger partial charge in [0.1, 0.15) is 11.7 Å². The summed E-state index contributed by atoms with van der Waals surface area (Å²) in [4.78, 5) is 15.8. The Kier molecular flexibility index (Phi) is 2.60. The summed E-state index contributed by atoms with van der Waals surface area (Å²) in [5.41, 5.74) is 6.50. The lowest BCUT2D eigenvalue weighted by Gasteiger charge is -2.27. The van der Waals surface area contributed by atoms with Crippen molar-refractivity contribution in [3.05, 3.63) is 35.9 Å². The van der Waals surface area contributed by atoms with E-state index in [0.29, 0.717) is 11.4 Å². The third-order valence-corrected chi connectivity index (χ3v) is 2.98. The van der Waals surface area contributed by atoms with E-state index in [0.717, 1.165) is 24.0 Å². The molecule has 1 aromatic heterocycles. The molecule has 0 spiro atoms. The Bertz CT molecular complexity index is 608. The third-order valence-electron chi connectivity index (χ3n) is 2.98. The number of rotatable bonds is 3. The Morgan fingerprint density at radius 1 is 1.39 bits per heavy atom. The average Bonchev–Trinajstić information content (AvgIpc) is 2.32. The number of pyridine rings is 1. The van der Waals surface area contributed by atoms with Crippen molar-refractivity contribution >= 4 is 16.8 Å². The Morgan fingerprint density at radius 2 is 2.17 bits per heavy atom. The normalized spacial score (nSPS) is 15.3. The van der Waals surface area contributed by atoms with Crippen molar-refractivity contribution in [2.75, 3.05) is 13.1 Å². The third kappa shape index (κ3) is 1.89. The number of amides is 1. The van der Waals surface area contributed by atoms with Crippen molar-refractivity contribution in [1.82, 2.24) is 10.3 Å². The van der Waals surface area contributed by atoms with Gasteiger partial charge in [-0.3, -0.25) is 4.79 Å². The highest BCUT2D eigenvalue weighted by molar-refractivity contribution is 5.98. The molecule has 2 aromatic rings. The van der Waals surface area contributed by atoms with Crippen LogP contribution in [0.25, 0.3) is 10.9 Å². The molecule has 0 unspecified atom stereocenters. The zero-order chi connectivity index (χ0) is 12.5. The molecule has 5 nitrogen and oxygen atoms in total. The summed E-state index contributed by atoms with van der Waals surface area (Å²) in [5, 5.41) is 3.98. The number of nitrogens with two attached hydrogens (primary N) is 1. The van der Waals surface area contributed by atoms with Gasteiger partial charge in [0, 0.05) is 18.5 Å². The molecule has 92 valence electrons. The molecule has 0 saturated carbocycles. The van der Waals surface area contributed by atoms with E-state index < -0.39 is 5.91 Å². The van der Waals surface area contributed by atoms with Gasteiger partial charge in [0.25, 0.3) is 5.91 Å². The van der Waals surface area contributed by atoms with Crippen LogP contribution in [0.5, 0.6) is 5.88 Å². The number of aromatic nitrogens is 1. The molecule has 3 N–H and O–H groups in total. The summed E-state index contributed by atoms with van der Waals surface area (Å²) in [6.45, 7) is 1.54. The van der Waals surface area contributed by atoms with Crippen molar-refractivity contribution in [2.45, 2.75) is 6.10 Å². The summed E-state index contributed by atoms with van der Waals surface area (Å²) in [6.07, 6.45) is 0.0664. The van der Waals surface area contributed by atoms with Crippen molar-refractivity contribution in [3.63, 3.8) is 0 Å². The lowest BCUT2D eigenvalue weighted by atomic mass is 10.1. The van der Waals surface area contributed by atoms with Gasteiger partial charge in [0.2, 0.25) is 5.88 Å². The van der Waals surface area contributed by atoms with Gasteiger partial charge in [0.15, 0.2) is 0 Å². The Balaban J connectivity index is 2.07. The molecule has 18 heavy (non-hydrogen) atoms. The molecule has 1 fully saturated rings. The summed E-state index contributed by atoms with van der Waals surface area (Å²) in [5.74, 6) is -0.191. The minimum absolute atomic E-state index is 0.0664. The van der Waals surface area contributed by atoms with Crippen LogP contribution in [0.15, 0.2) is 30.3 Å². The molecule has 5 heteroatoms. The average molecular weight is 243 g/mol. The number of carbonyl (C=O) groups excluding carboxylic acids is 1. The standard InChI is InChI=1S/C13H13N3O2/c14-12(17)10-5-8-3-1-2-4-11(8)16-13(10)18-9-6-15-7-9/h1-5,9,15H,6-7H2,(H2,14,17). The van der Waals surface area contributed by atoms with Crippen molar-refractivity contribution < 1.29 is 9.53 Å². The molecule has 0 aliphatic carbocycles. The van der Waals surface area contributed by atoms with Crippen LogP contribution >= 0.6 is 0 Å². The lowest BCUT2D eigenvalue weighted by molar-refractivity contribution is 0.0981. The van der Waals surface area contributed by atoms with Crippen molar-refractivity contribution in [1.29, 1.82) is 0 Å². The first-order valence-electron chi connectivity index (χ1n) is 5.81. The van der Waals surface area contributed by atoms with Gasteiger partial charge in [-0.25, -0.2) is 4.98 Å². The van der Waals surface area contributed by atoms with Crippen LogP contribution in [-0.4, -0.2) is 30.1 Å². The van der Waals surface area contributed by atoms with Crippen molar-refractivity contribution in [2.24, 2.45) is 5.73 Å². The Hall–Kier alpha value is -2.14. The molecule has 1 aromatic carbocycles. The summed E-state index contributed by atoms with van der Waals surface area (Å²) >= 11 is 0. The van der Waals surface area contributed by atoms with Crippen molar-refractivity contribution in [3.8, 4) is 5.88 Å². The second kappa shape index (κ2) is 4.27. The van der Waals surface area contributed by atoms with E-state index in [4.69, 9.17) is 10.5 Å². The molecule has 1 amide bonds. The first kappa shape index (κ1) is 11.0. The van der Waals surface area contributed by atoms with Crippen LogP contribution in [0.1, 0.15) is 10.4 Å². The van der Waals surface area contributed by atoms with E-state index in [1.165, 1.54) is 0 Å². The number of fused-ring (bicyclic) bond motifs is 1. The number of nitrogens with zero attached hydrogens (tertiary/aromatic N) is 1. The van der Waals surface area contributed by atoms with Crippen LogP contribution in [0.3, 0.4) is 0 Å². The van der Waals surface area contributed by atoms with Crippen LogP contribution < -0.4 is 15.8 Å². The topological polar surface area (TPSA) is 77.2 Å². The SMILES string of the molecule is NC(=O)c1cc2ccccc2nc1OC1CNC1. The molecule has 2 heterocycles. The number of benzene rings is 1. The largest absolute Gasteiger partial charge is 0.471 e. The van der Waals surface area contributed by atoms with E-state index >= 15 is 0 Å². The minimum Gasteiger partial charge on any atom is -0.471 e. The van der Waals surface area contributed by atoms with Gasteiger partial charge in [0.05, 0.1) is 5.52 Å². The van der Waals surface area contributed by atoms with Gasteiger partial charge in [-0.1, -0.05) is 18.2 Å². The number of carbonyl (C=O) groups is 1. The molecule has 3 rings (SSSR count). The molecule has 1 aliphatic rings. The smallest absolute Gasteiger partial charge is 0.254 e. The molecule has 0 radical (unpaired) electrons. The molecule has 0 bridgehead atoms. The van der Waals surface area contributed by atoms with Gasteiger partial charge in [-0.15, -0.1) is 0 Å². The quantitative estimate of drug-likeness (QED) is 0.831. The number of hydrogen-bond acceptors (Lipinski definition) is 4. The molecule has 1 saturated heterocycles. The number of para-hydroxylation sites is 1. The van der Waals surface area contributed by atoms with Gasteiger partial charge in [-0.05, 0) is 12.1 Å². The molecule has 0 atom stereocenters. The summed E-state index contributed by atoms with van der Waals surface area (Å²) < 4.78 is 5.68. The van der Waals surface area contributed by atoms with Gasteiger partial charge < -0.3 is 15.8 Å². The second-order valence-electron chi connectivity index (χ2n) is 4.30. The summed E-state index contributed by atoms with van der Waals surface area (Å²) in [7, 11) is 0. The van der Waals surface area contributed by atoms with Gasteiger partial charge in [-0.2, -0.15) is 0 Å². The first-order chi connectivity index (χ1) is 8.74. The maximum Gasteiger partial charge on any atom is 0.254 e. The van der Waals surface area contributed by atoms with E-state index in [2.05, 4.69) is 10.3 Å². The fraction of sp³-hybridized carbons (Fsp3) is 0.231. The second-order valence-corrected chi connectivity index (χ2v) is 4.30. The fourth-order valence-corrected chi connectivity index (χ4v) is 1.87. The fourth-order valence-electron chi connectivity index (χ4n) is 1.87. The van der Waals surface area contributed by atoms with Crippen LogP contribution in [0.2, 0.25) is 0 Å². The minimum atomic E-state index is -0.518. The lowest BCUT2D eigenvalue weighted by Crippen LogP contribution is -2.50. The van der Waals surface area contributed by atoms with Gasteiger partial charge >= 0.3 is 0 Å². The molecular formula is C13H13N3O2. The maximum absolute atomic E-state index is 11.4. The molecule has 1 aliphatic heterocycles. The zero-order valence-electron chi connectivity index (χ0n) is 9.72. The van der Waals surface area contributed by atoms with E-state index in [1.807, 2.05) is 24.3 Å². The highest BCUT2D eigenvalue weighted by Gasteiger charge is 2.22. The monoisotopic (exact) mass is 243 g/mol. The predicted octanol–water partition coefficient (Wildman–Crippen LogP) is 0.684. The van der Waals surface area contributed by atoms with E-state index in [9.17, 15) is 4.79 Å². The number of ether oxygens (including phenoxy) is 1. The Labute approximate surface area is 104 Å². The molecular weight excluding hydrogens is 230 g/mol. The highest BCUT2D eigenvalue weighted by Crippen LogP contribution is 2.23. The maximum atomic E-state index is 11.4. The number of primary amides is 1. The van der Waals surface area contributed by atoms with Crippen LogP contribution in [0.4, 0.5) is 0 Å². The first-order valence-corrected chi connectivity index (χ1v) is 5.81. The Morgan fingerprint density at radius 3 is 2.83 bits per heavy atom. The highest BCUT2D eigenvalue weighted by atomic mass is 16.5. The predicted molar refractivity (Wildman–Crippen MR) is 67.5 cm³/mol. The number of hydrogen-bond donors (Lipinski definition) is 2. The van der Waals surface area contributed by atoms with Crippen LogP contribution in [0, 0.1) is 0 Å². The van der Waals surface area contributed by atoms with E-state index in [-0.39, 0.29) is 6.10 Å². The van der Waals surface area contributed by atoms with E-state index in [1.54, 1.807) is 6.07 Å².